The molecule has 0 aliphatic heterocycles. The molecule has 0 saturated heterocycles. The van der Waals surface area contributed by atoms with Gasteiger partial charge in [0.25, 0.3) is 0 Å². The van der Waals surface area contributed by atoms with Crippen LogP contribution in [0.5, 0.6) is 0 Å². The SMILES string of the molecule is C=C(C)C(=O)NC(C)(C)OS(=O)O. The van der Waals surface area contributed by atoms with E-state index in [0.717, 1.165) is 0 Å². The summed E-state index contributed by atoms with van der Waals surface area (Å²) in [4.78, 5) is 11.1. The molecule has 0 aromatic rings. The Bertz CT molecular complexity index is 249. The third-order valence-corrected chi connectivity index (χ3v) is 1.64. The molecule has 0 aromatic heterocycles. The summed E-state index contributed by atoms with van der Waals surface area (Å²) in [5.74, 6) is -0.421. The zero-order valence-electron chi connectivity index (χ0n) is 7.79. The van der Waals surface area contributed by atoms with E-state index in [-0.39, 0.29) is 0 Å². The average Bonchev–Trinajstić information content (AvgIpc) is 1.81. The average molecular weight is 207 g/mol. The molecule has 0 radical (unpaired) electrons. The van der Waals surface area contributed by atoms with Gasteiger partial charge in [-0.15, -0.1) is 0 Å². The van der Waals surface area contributed by atoms with Gasteiger partial charge in [0.15, 0.2) is 5.72 Å². The van der Waals surface area contributed by atoms with E-state index in [2.05, 4.69) is 16.1 Å². The summed E-state index contributed by atoms with van der Waals surface area (Å²) in [5.41, 5.74) is -0.879. The summed E-state index contributed by atoms with van der Waals surface area (Å²) in [5, 5.41) is 2.37. The fraction of sp³-hybridized carbons (Fsp3) is 0.571. The molecule has 1 unspecified atom stereocenters. The van der Waals surface area contributed by atoms with E-state index in [0.29, 0.717) is 5.57 Å². The Morgan fingerprint density at radius 2 is 2.08 bits per heavy atom. The van der Waals surface area contributed by atoms with E-state index >= 15 is 0 Å². The minimum atomic E-state index is -2.41. The van der Waals surface area contributed by atoms with Gasteiger partial charge in [-0.3, -0.25) is 9.35 Å². The highest BCUT2D eigenvalue weighted by Crippen LogP contribution is 2.06. The van der Waals surface area contributed by atoms with Gasteiger partial charge >= 0.3 is 11.4 Å². The summed E-state index contributed by atoms with van der Waals surface area (Å²) in [6.45, 7) is 7.86. The van der Waals surface area contributed by atoms with Crippen LogP contribution in [0.25, 0.3) is 0 Å². The molecule has 0 aromatic carbocycles. The molecule has 0 spiro atoms. The zero-order valence-corrected chi connectivity index (χ0v) is 8.60. The molecule has 13 heavy (non-hydrogen) atoms. The quantitative estimate of drug-likeness (QED) is 0.401. The van der Waals surface area contributed by atoms with Crippen molar-refractivity contribution in [2.45, 2.75) is 26.5 Å². The molecule has 0 aliphatic rings. The summed E-state index contributed by atoms with van der Waals surface area (Å²) >= 11 is -2.41. The lowest BCUT2D eigenvalue weighted by Crippen LogP contribution is -2.46. The molecule has 0 rings (SSSR count). The molecule has 0 heterocycles. The molecule has 0 aliphatic carbocycles. The second-order valence-electron chi connectivity index (χ2n) is 3.05. The Balaban J connectivity index is 4.24. The number of carbonyl (C=O) groups is 1. The fourth-order valence-electron chi connectivity index (χ4n) is 0.579. The molecule has 1 atom stereocenters. The molecule has 76 valence electrons. The van der Waals surface area contributed by atoms with E-state index in [1.165, 1.54) is 20.8 Å². The van der Waals surface area contributed by atoms with Crippen molar-refractivity contribution >= 4 is 17.3 Å². The molecule has 0 saturated carbocycles. The van der Waals surface area contributed by atoms with Crippen LogP contribution < -0.4 is 5.32 Å². The van der Waals surface area contributed by atoms with Crippen LogP contribution in [-0.4, -0.2) is 20.4 Å². The molecule has 0 bridgehead atoms. The highest BCUT2D eigenvalue weighted by atomic mass is 32.2. The van der Waals surface area contributed by atoms with Crippen LogP contribution in [0, 0.1) is 0 Å². The Kier molecular flexibility index (Phi) is 4.25. The first-order chi connectivity index (χ1) is 5.74. The van der Waals surface area contributed by atoms with Gasteiger partial charge in [-0.1, -0.05) is 6.58 Å². The third kappa shape index (κ3) is 5.51. The van der Waals surface area contributed by atoms with Crippen LogP contribution in [0.3, 0.4) is 0 Å². The predicted octanol–water partition coefficient (Wildman–Crippen LogP) is 0.568. The van der Waals surface area contributed by atoms with E-state index in [1.54, 1.807) is 0 Å². The third-order valence-electron chi connectivity index (χ3n) is 1.08. The lowest BCUT2D eigenvalue weighted by molar-refractivity contribution is -0.122. The fourth-order valence-corrected chi connectivity index (χ4v) is 0.977. The molecule has 1 amide bonds. The summed E-state index contributed by atoms with van der Waals surface area (Å²) in [6, 6.07) is 0. The molecule has 6 heteroatoms. The van der Waals surface area contributed by atoms with Crippen molar-refractivity contribution in [1.29, 1.82) is 0 Å². The number of hydrogen-bond donors (Lipinski definition) is 2. The van der Waals surface area contributed by atoms with Crippen molar-refractivity contribution in [2.75, 3.05) is 0 Å². The number of amides is 1. The zero-order chi connectivity index (χ0) is 10.6. The van der Waals surface area contributed by atoms with Gasteiger partial charge in [0.1, 0.15) is 0 Å². The summed E-state index contributed by atoms with van der Waals surface area (Å²) in [7, 11) is 0. The molecular formula is C7H13NO4S. The molecule has 0 fully saturated rings. The van der Waals surface area contributed by atoms with E-state index in [1.807, 2.05) is 0 Å². The first-order valence-electron chi connectivity index (χ1n) is 3.53. The molecule has 5 nitrogen and oxygen atoms in total. The van der Waals surface area contributed by atoms with Crippen LogP contribution in [0.15, 0.2) is 12.2 Å². The van der Waals surface area contributed by atoms with Crippen LogP contribution in [0.4, 0.5) is 0 Å². The van der Waals surface area contributed by atoms with Gasteiger partial charge in [0.05, 0.1) is 0 Å². The molecule has 2 N–H and O–H groups in total. The van der Waals surface area contributed by atoms with E-state index in [9.17, 15) is 9.00 Å². The van der Waals surface area contributed by atoms with Gasteiger partial charge in [-0.05, 0) is 20.8 Å². The van der Waals surface area contributed by atoms with Crippen molar-refractivity contribution in [2.24, 2.45) is 0 Å². The highest BCUT2D eigenvalue weighted by Gasteiger charge is 2.23. The van der Waals surface area contributed by atoms with Crippen LogP contribution >= 0.6 is 0 Å². The van der Waals surface area contributed by atoms with Gasteiger partial charge < -0.3 is 5.32 Å². The Hall–Kier alpha value is -0.720. The first-order valence-corrected chi connectivity index (χ1v) is 4.56. The van der Waals surface area contributed by atoms with Crippen LogP contribution in [0.1, 0.15) is 20.8 Å². The van der Waals surface area contributed by atoms with Gasteiger partial charge in [0.2, 0.25) is 5.91 Å². The second-order valence-corrected chi connectivity index (χ2v) is 3.65. The maximum absolute atomic E-state index is 11.1. The first kappa shape index (κ1) is 12.3. The van der Waals surface area contributed by atoms with Gasteiger partial charge in [0, 0.05) is 5.57 Å². The van der Waals surface area contributed by atoms with Gasteiger partial charge in [-0.25, -0.2) is 4.18 Å². The topological polar surface area (TPSA) is 75.6 Å². The Labute approximate surface area is 79.7 Å². The lowest BCUT2D eigenvalue weighted by Gasteiger charge is -2.23. The summed E-state index contributed by atoms with van der Waals surface area (Å²) < 4.78 is 23.2. The van der Waals surface area contributed by atoms with Crippen molar-refractivity contribution < 1.29 is 17.7 Å². The lowest BCUT2D eigenvalue weighted by atomic mass is 10.2. The normalized spacial score (nSPS) is 13.5. The minimum absolute atomic E-state index is 0.306. The standard InChI is InChI=1S/C7H13NO4S/c1-5(2)6(9)8-7(3,4)12-13(10)11/h1H2,2-4H3,(H,8,9)(H,10,11). The number of carbonyl (C=O) groups excluding carboxylic acids is 1. The minimum Gasteiger partial charge on any atom is -0.324 e. The second kappa shape index (κ2) is 4.50. The number of nitrogens with one attached hydrogen (secondary N) is 1. The maximum atomic E-state index is 11.1. The molecular weight excluding hydrogens is 194 g/mol. The van der Waals surface area contributed by atoms with Crippen LogP contribution in [-0.2, 0) is 20.3 Å². The smallest absolute Gasteiger partial charge is 0.304 e. The van der Waals surface area contributed by atoms with E-state index < -0.39 is 23.0 Å². The predicted molar refractivity (Wildman–Crippen MR) is 48.9 cm³/mol. The van der Waals surface area contributed by atoms with Crippen LogP contribution in [0.2, 0.25) is 0 Å². The largest absolute Gasteiger partial charge is 0.324 e. The highest BCUT2D eigenvalue weighted by molar-refractivity contribution is 7.74. The van der Waals surface area contributed by atoms with Crippen molar-refractivity contribution in [3.05, 3.63) is 12.2 Å². The Morgan fingerprint density at radius 1 is 1.62 bits per heavy atom. The van der Waals surface area contributed by atoms with Crippen molar-refractivity contribution in [1.82, 2.24) is 5.32 Å². The van der Waals surface area contributed by atoms with Gasteiger partial charge in [-0.2, -0.15) is 4.21 Å². The number of rotatable bonds is 4. The van der Waals surface area contributed by atoms with Crippen molar-refractivity contribution in [3.63, 3.8) is 0 Å². The van der Waals surface area contributed by atoms with Crippen molar-refractivity contribution in [3.8, 4) is 0 Å². The van der Waals surface area contributed by atoms with E-state index in [4.69, 9.17) is 4.55 Å². The monoisotopic (exact) mass is 207 g/mol. The number of hydrogen-bond acceptors (Lipinski definition) is 3. The maximum Gasteiger partial charge on any atom is 0.304 e. The summed E-state index contributed by atoms with van der Waals surface area (Å²) in [6.07, 6.45) is 0. The Morgan fingerprint density at radius 3 is 2.38 bits per heavy atom.